The SMILES string of the molecule is O=C(CN1C(=O)S/C(=C\c2cccs2)C1=O)Nc1ccc(C(=O)O)cc1. The molecule has 0 saturated carbocycles. The third kappa shape index (κ3) is 4.01. The van der Waals surface area contributed by atoms with Gasteiger partial charge in [-0.1, -0.05) is 6.07 Å². The molecule has 1 aromatic heterocycles. The van der Waals surface area contributed by atoms with Crippen molar-refractivity contribution in [2.24, 2.45) is 0 Å². The van der Waals surface area contributed by atoms with E-state index in [9.17, 15) is 19.2 Å². The molecule has 26 heavy (non-hydrogen) atoms. The molecular formula is C17H12N2O5S2. The molecule has 0 atom stereocenters. The van der Waals surface area contributed by atoms with Crippen molar-refractivity contribution in [3.63, 3.8) is 0 Å². The van der Waals surface area contributed by atoms with Crippen molar-refractivity contribution < 1.29 is 24.3 Å². The van der Waals surface area contributed by atoms with Gasteiger partial charge in [0.1, 0.15) is 6.54 Å². The van der Waals surface area contributed by atoms with E-state index < -0.39 is 29.6 Å². The van der Waals surface area contributed by atoms with Crippen molar-refractivity contribution >= 4 is 57.9 Å². The number of rotatable bonds is 5. The van der Waals surface area contributed by atoms with Crippen molar-refractivity contribution in [2.75, 3.05) is 11.9 Å². The van der Waals surface area contributed by atoms with Gasteiger partial charge in [0.25, 0.3) is 11.1 Å². The van der Waals surface area contributed by atoms with Crippen LogP contribution in [0.1, 0.15) is 15.2 Å². The maximum atomic E-state index is 12.3. The van der Waals surface area contributed by atoms with Crippen LogP contribution in [0.4, 0.5) is 10.5 Å². The van der Waals surface area contributed by atoms with Crippen LogP contribution in [0.15, 0.2) is 46.7 Å². The second-order valence-electron chi connectivity index (χ2n) is 5.21. The number of carbonyl (C=O) groups is 4. The number of benzene rings is 1. The topological polar surface area (TPSA) is 104 Å². The van der Waals surface area contributed by atoms with Crippen LogP contribution in [0.2, 0.25) is 0 Å². The lowest BCUT2D eigenvalue weighted by atomic mass is 10.2. The van der Waals surface area contributed by atoms with Gasteiger partial charge in [-0.2, -0.15) is 0 Å². The molecule has 7 nitrogen and oxygen atoms in total. The summed E-state index contributed by atoms with van der Waals surface area (Å²) in [7, 11) is 0. The third-order valence-corrected chi connectivity index (χ3v) is 5.13. The van der Waals surface area contributed by atoms with Crippen molar-refractivity contribution in [3.8, 4) is 0 Å². The Morgan fingerprint density at radius 1 is 1.15 bits per heavy atom. The van der Waals surface area contributed by atoms with Crippen LogP contribution >= 0.6 is 23.1 Å². The third-order valence-electron chi connectivity index (χ3n) is 3.41. The predicted octanol–water partition coefficient (Wildman–Crippen LogP) is 3.12. The van der Waals surface area contributed by atoms with E-state index in [2.05, 4.69) is 5.32 Å². The molecule has 0 spiro atoms. The number of hydrogen-bond donors (Lipinski definition) is 2. The van der Waals surface area contributed by atoms with Crippen LogP contribution in [0.25, 0.3) is 6.08 Å². The summed E-state index contributed by atoms with van der Waals surface area (Å²) in [4.78, 5) is 49.2. The fraction of sp³-hybridized carbons (Fsp3) is 0.0588. The normalized spacial score (nSPS) is 15.5. The van der Waals surface area contributed by atoms with Gasteiger partial charge >= 0.3 is 5.97 Å². The van der Waals surface area contributed by atoms with Gasteiger partial charge in [-0.25, -0.2) is 4.79 Å². The van der Waals surface area contributed by atoms with Crippen LogP contribution in [0, 0.1) is 0 Å². The zero-order valence-electron chi connectivity index (χ0n) is 13.2. The number of nitrogens with zero attached hydrogens (tertiary/aromatic N) is 1. The van der Waals surface area contributed by atoms with E-state index in [1.165, 1.54) is 35.6 Å². The molecule has 0 radical (unpaired) electrons. The Bertz CT molecular complexity index is 904. The molecule has 2 aromatic rings. The van der Waals surface area contributed by atoms with E-state index >= 15 is 0 Å². The van der Waals surface area contributed by atoms with E-state index in [1.807, 2.05) is 17.5 Å². The summed E-state index contributed by atoms with van der Waals surface area (Å²) in [5.74, 6) is -2.13. The zero-order chi connectivity index (χ0) is 18.7. The van der Waals surface area contributed by atoms with E-state index in [4.69, 9.17) is 5.11 Å². The minimum atomic E-state index is -1.07. The summed E-state index contributed by atoms with van der Waals surface area (Å²) in [6, 6.07) is 9.23. The zero-order valence-corrected chi connectivity index (χ0v) is 14.8. The number of thiophene rings is 1. The highest BCUT2D eigenvalue weighted by atomic mass is 32.2. The first kappa shape index (κ1) is 17.9. The van der Waals surface area contributed by atoms with Gasteiger partial charge in [0, 0.05) is 10.6 Å². The highest BCUT2D eigenvalue weighted by Crippen LogP contribution is 2.32. The Balaban J connectivity index is 1.64. The van der Waals surface area contributed by atoms with E-state index in [1.54, 1.807) is 6.08 Å². The standard InChI is InChI=1S/C17H12N2O5S2/c20-14(18-11-5-3-10(4-6-11)16(22)23)9-19-15(21)13(26-17(19)24)8-12-2-1-7-25-12/h1-8H,9H2,(H,18,20)(H,22,23)/b13-8-. The number of carboxylic acid groups (broad SMARTS) is 1. The highest BCUT2D eigenvalue weighted by molar-refractivity contribution is 8.18. The van der Waals surface area contributed by atoms with Gasteiger partial charge in [0.2, 0.25) is 5.91 Å². The molecule has 1 fully saturated rings. The number of hydrogen-bond acceptors (Lipinski definition) is 6. The summed E-state index contributed by atoms with van der Waals surface area (Å²) >= 11 is 2.23. The number of aromatic carboxylic acids is 1. The molecule has 3 rings (SSSR count). The van der Waals surface area contributed by atoms with E-state index in [0.717, 1.165) is 21.5 Å². The van der Waals surface area contributed by atoms with Crippen LogP contribution < -0.4 is 5.32 Å². The average molecular weight is 388 g/mol. The molecule has 1 saturated heterocycles. The van der Waals surface area contributed by atoms with Crippen molar-refractivity contribution in [1.82, 2.24) is 4.90 Å². The summed E-state index contributed by atoms with van der Waals surface area (Å²) in [6.45, 7) is -0.410. The van der Waals surface area contributed by atoms with Crippen LogP contribution in [-0.4, -0.2) is 39.6 Å². The molecule has 1 aliphatic heterocycles. The monoisotopic (exact) mass is 388 g/mol. The lowest BCUT2D eigenvalue weighted by Crippen LogP contribution is -2.36. The Hall–Kier alpha value is -2.91. The van der Waals surface area contributed by atoms with Gasteiger partial charge in [0.15, 0.2) is 0 Å². The Morgan fingerprint density at radius 3 is 2.50 bits per heavy atom. The lowest BCUT2D eigenvalue weighted by Gasteiger charge is -2.12. The molecule has 2 heterocycles. The van der Waals surface area contributed by atoms with Crippen LogP contribution in [-0.2, 0) is 9.59 Å². The minimum absolute atomic E-state index is 0.0904. The van der Waals surface area contributed by atoms with Gasteiger partial charge in [-0.15, -0.1) is 11.3 Å². The van der Waals surface area contributed by atoms with Gasteiger partial charge in [0.05, 0.1) is 10.5 Å². The predicted molar refractivity (Wildman–Crippen MR) is 99.0 cm³/mol. The van der Waals surface area contributed by atoms with Crippen LogP contribution in [0.5, 0.6) is 0 Å². The number of nitrogens with one attached hydrogen (secondary N) is 1. The van der Waals surface area contributed by atoms with Crippen molar-refractivity contribution in [1.29, 1.82) is 0 Å². The maximum absolute atomic E-state index is 12.3. The number of imide groups is 1. The summed E-state index contributed by atoms with van der Waals surface area (Å²) in [5.41, 5.74) is 0.466. The van der Waals surface area contributed by atoms with E-state index in [0.29, 0.717) is 5.69 Å². The first-order valence-corrected chi connectivity index (χ1v) is 9.06. The Labute approximate surface area is 156 Å². The molecule has 132 valence electrons. The fourth-order valence-electron chi connectivity index (χ4n) is 2.18. The molecule has 9 heteroatoms. The quantitative estimate of drug-likeness (QED) is 0.763. The molecule has 1 aliphatic rings. The van der Waals surface area contributed by atoms with Gasteiger partial charge < -0.3 is 10.4 Å². The molecule has 0 unspecified atom stereocenters. The number of carboxylic acids is 1. The molecular weight excluding hydrogens is 376 g/mol. The fourth-order valence-corrected chi connectivity index (χ4v) is 3.74. The molecule has 0 bridgehead atoms. The van der Waals surface area contributed by atoms with Crippen LogP contribution in [0.3, 0.4) is 0 Å². The first-order chi connectivity index (χ1) is 12.4. The molecule has 1 aromatic carbocycles. The second-order valence-corrected chi connectivity index (χ2v) is 7.19. The average Bonchev–Trinajstić information content (AvgIpc) is 3.20. The first-order valence-electron chi connectivity index (χ1n) is 7.36. The maximum Gasteiger partial charge on any atom is 0.335 e. The highest BCUT2D eigenvalue weighted by Gasteiger charge is 2.36. The smallest absolute Gasteiger partial charge is 0.335 e. The number of thioether (sulfide) groups is 1. The number of amides is 3. The summed E-state index contributed by atoms with van der Waals surface area (Å²) < 4.78 is 0. The molecule has 3 amide bonds. The Kier molecular flexibility index (Phi) is 5.19. The molecule has 2 N–H and O–H groups in total. The summed E-state index contributed by atoms with van der Waals surface area (Å²) in [6.07, 6.45) is 1.62. The van der Waals surface area contributed by atoms with Crippen molar-refractivity contribution in [2.45, 2.75) is 0 Å². The van der Waals surface area contributed by atoms with Crippen molar-refractivity contribution in [3.05, 3.63) is 57.1 Å². The Morgan fingerprint density at radius 2 is 1.88 bits per heavy atom. The number of carbonyl (C=O) groups excluding carboxylic acids is 3. The molecule has 0 aliphatic carbocycles. The second kappa shape index (κ2) is 7.54. The minimum Gasteiger partial charge on any atom is -0.478 e. The van der Waals surface area contributed by atoms with E-state index in [-0.39, 0.29) is 10.5 Å². The van der Waals surface area contributed by atoms with Gasteiger partial charge in [-0.3, -0.25) is 19.3 Å². The number of anilines is 1. The lowest BCUT2D eigenvalue weighted by molar-refractivity contribution is -0.127. The van der Waals surface area contributed by atoms with Gasteiger partial charge in [-0.05, 0) is 53.5 Å². The summed E-state index contributed by atoms with van der Waals surface area (Å²) in [5, 5.41) is 12.7. The largest absolute Gasteiger partial charge is 0.478 e.